The zero-order valence-corrected chi connectivity index (χ0v) is 7.72. The van der Waals surface area contributed by atoms with E-state index in [0.29, 0.717) is 6.42 Å². The molecule has 1 aromatic rings. The molecular weight excluding hydrogens is 154 g/mol. The first-order valence-electron chi connectivity index (χ1n) is 4.03. The largest absolute Gasteiger partial charge is 0.396 e. The topological polar surface area (TPSA) is 46.3 Å². The third-order valence-electron chi connectivity index (χ3n) is 1.63. The van der Waals surface area contributed by atoms with Crippen molar-refractivity contribution in [3.8, 4) is 0 Å². The van der Waals surface area contributed by atoms with E-state index in [9.17, 15) is 0 Å². The van der Waals surface area contributed by atoms with Gasteiger partial charge in [-0.25, -0.2) is 0 Å². The molecule has 3 nitrogen and oxygen atoms in total. The molecule has 0 amide bonds. The van der Waals surface area contributed by atoms with E-state index in [1.165, 1.54) is 0 Å². The molecule has 67 valence electrons. The van der Waals surface area contributed by atoms with Gasteiger partial charge in [-0.15, -0.1) is 0 Å². The summed E-state index contributed by atoms with van der Waals surface area (Å²) in [5.74, 6) is 0.816. The molecule has 0 aliphatic heterocycles. The smallest absolute Gasteiger partial charge is 0.146 e. The Bertz CT molecular complexity index is 247. The number of aliphatic hydroxyl groups excluding tert-OH is 1. The lowest BCUT2D eigenvalue weighted by Crippen LogP contribution is -2.12. The Balaban J connectivity index is 2.91. The van der Waals surface area contributed by atoms with Crippen LogP contribution in [0.2, 0.25) is 0 Å². The Labute approximate surface area is 72.4 Å². The normalized spacial score (nSPS) is 12.0. The monoisotopic (exact) mass is 168 g/mol. The third kappa shape index (κ3) is 1.85. The molecule has 1 N–H and O–H groups in total. The van der Waals surface area contributed by atoms with Crippen LogP contribution < -0.4 is 0 Å². The predicted octanol–water partition coefficient (Wildman–Crippen LogP) is 1.31. The minimum absolute atomic E-state index is 0.0580. The molecule has 0 unspecified atom stereocenters. The van der Waals surface area contributed by atoms with Crippen molar-refractivity contribution in [3.63, 3.8) is 0 Å². The highest BCUT2D eigenvalue weighted by Crippen LogP contribution is 2.25. The van der Waals surface area contributed by atoms with Crippen molar-refractivity contribution in [1.82, 2.24) is 5.16 Å². The predicted molar refractivity (Wildman–Crippen MR) is 44.8 cm³/mol. The van der Waals surface area contributed by atoms with E-state index >= 15 is 0 Å². The molecule has 0 atom stereocenters. The van der Waals surface area contributed by atoms with Crippen LogP contribution >= 0.6 is 0 Å². The minimum Gasteiger partial charge on any atom is -0.396 e. The van der Waals surface area contributed by atoms with E-state index in [4.69, 9.17) is 9.63 Å². The van der Waals surface area contributed by atoms with Gasteiger partial charge in [0.2, 0.25) is 0 Å². The number of aromatic nitrogens is 1. The van der Waals surface area contributed by atoms with Gasteiger partial charge in [0.15, 0.2) is 0 Å². The van der Waals surface area contributed by atoms with Crippen LogP contribution in [0.5, 0.6) is 0 Å². The molecule has 0 aliphatic rings. The van der Waals surface area contributed by atoms with Crippen LogP contribution in [-0.4, -0.2) is 16.9 Å². The lowest BCUT2D eigenvalue weighted by molar-refractivity contribution is 0.293. The van der Waals surface area contributed by atoms with Gasteiger partial charge in [-0.2, -0.15) is 0 Å². The van der Waals surface area contributed by atoms with Crippen LogP contribution in [-0.2, 0) is 11.8 Å². The first kappa shape index (κ1) is 9.26. The van der Waals surface area contributed by atoms with Gasteiger partial charge in [-0.05, 0) is 0 Å². The number of aliphatic hydroxyl groups is 1. The summed E-state index contributed by atoms with van der Waals surface area (Å²) in [7, 11) is 0. The number of nitrogens with zero attached hydrogens (tertiary/aromatic N) is 1. The quantitative estimate of drug-likeness (QED) is 0.724. The molecule has 0 aliphatic carbocycles. The minimum atomic E-state index is -0.0580. The maximum Gasteiger partial charge on any atom is 0.146 e. The van der Waals surface area contributed by atoms with Crippen LogP contribution in [0.3, 0.4) is 0 Å². The Morgan fingerprint density at radius 2 is 2.17 bits per heavy atom. The van der Waals surface area contributed by atoms with Gasteiger partial charge in [0.05, 0.1) is 0 Å². The fourth-order valence-corrected chi connectivity index (χ4v) is 1.10. The lowest BCUT2D eigenvalue weighted by Gasteiger charge is -2.15. The molecule has 0 saturated carbocycles. The van der Waals surface area contributed by atoms with Gasteiger partial charge >= 0.3 is 0 Å². The molecule has 0 bridgehead atoms. The fraction of sp³-hybridized carbons (Fsp3) is 0.667. The van der Waals surface area contributed by atoms with Gasteiger partial charge in [0.25, 0.3) is 0 Å². The van der Waals surface area contributed by atoms with Crippen molar-refractivity contribution in [2.45, 2.75) is 32.6 Å². The first-order valence-corrected chi connectivity index (χ1v) is 4.03. The van der Waals surface area contributed by atoms with E-state index in [2.05, 4.69) is 11.4 Å². The SMILES string of the molecule is CC(C)(C)c1on[c]c1CCO. The molecule has 0 aromatic carbocycles. The van der Waals surface area contributed by atoms with Gasteiger partial charge in [-0.1, -0.05) is 25.9 Å². The van der Waals surface area contributed by atoms with E-state index in [0.717, 1.165) is 11.3 Å². The lowest BCUT2D eigenvalue weighted by atomic mass is 9.90. The number of hydrogen-bond acceptors (Lipinski definition) is 3. The Hall–Kier alpha value is -0.830. The van der Waals surface area contributed by atoms with Crippen molar-refractivity contribution < 1.29 is 9.63 Å². The van der Waals surface area contributed by atoms with Gasteiger partial charge in [-0.3, -0.25) is 0 Å². The fourth-order valence-electron chi connectivity index (χ4n) is 1.10. The second-order valence-electron chi connectivity index (χ2n) is 3.83. The zero-order chi connectivity index (χ0) is 9.19. The van der Waals surface area contributed by atoms with E-state index in [-0.39, 0.29) is 12.0 Å². The summed E-state index contributed by atoms with van der Waals surface area (Å²) in [4.78, 5) is 0. The van der Waals surface area contributed by atoms with Crippen LogP contribution in [0.15, 0.2) is 4.52 Å². The molecule has 1 rings (SSSR count). The summed E-state index contributed by atoms with van der Waals surface area (Å²) in [5, 5.41) is 12.3. The van der Waals surface area contributed by atoms with E-state index in [1.54, 1.807) is 0 Å². The van der Waals surface area contributed by atoms with Crippen molar-refractivity contribution in [3.05, 3.63) is 17.5 Å². The third-order valence-corrected chi connectivity index (χ3v) is 1.63. The summed E-state index contributed by atoms with van der Waals surface area (Å²) in [5.41, 5.74) is 0.822. The van der Waals surface area contributed by atoms with Gasteiger partial charge in [0, 0.05) is 24.0 Å². The molecule has 1 radical (unpaired) electrons. The van der Waals surface area contributed by atoms with Crippen molar-refractivity contribution in [2.24, 2.45) is 0 Å². The number of hydrogen-bond donors (Lipinski definition) is 1. The first-order chi connectivity index (χ1) is 5.55. The highest BCUT2D eigenvalue weighted by Gasteiger charge is 2.22. The van der Waals surface area contributed by atoms with E-state index < -0.39 is 0 Å². The molecule has 1 aromatic heterocycles. The van der Waals surface area contributed by atoms with Gasteiger partial charge in [0.1, 0.15) is 12.0 Å². The molecule has 0 spiro atoms. The summed E-state index contributed by atoms with van der Waals surface area (Å²) in [6, 6.07) is 0. The summed E-state index contributed by atoms with van der Waals surface area (Å²) >= 11 is 0. The molecule has 12 heavy (non-hydrogen) atoms. The Morgan fingerprint density at radius 1 is 1.50 bits per heavy atom. The molecule has 0 fully saturated rings. The molecule has 0 saturated heterocycles. The standard InChI is InChI=1S/C9H14NO2/c1-9(2,3)8-7(4-5-11)6-10-12-8/h11H,4-5H2,1-3H3. The maximum absolute atomic E-state index is 8.74. The summed E-state index contributed by atoms with van der Waals surface area (Å²) < 4.78 is 5.06. The average molecular weight is 168 g/mol. The second kappa shape index (κ2) is 3.27. The molecule has 1 heterocycles. The highest BCUT2D eigenvalue weighted by atomic mass is 16.5. The van der Waals surface area contributed by atoms with Gasteiger partial charge < -0.3 is 9.63 Å². The van der Waals surface area contributed by atoms with Crippen molar-refractivity contribution in [1.29, 1.82) is 0 Å². The molecular formula is C9H14NO2. The van der Waals surface area contributed by atoms with Crippen molar-refractivity contribution in [2.75, 3.05) is 6.61 Å². The Kier molecular flexibility index (Phi) is 2.52. The van der Waals surface area contributed by atoms with Crippen LogP contribution in [0.25, 0.3) is 0 Å². The van der Waals surface area contributed by atoms with Crippen LogP contribution in [0, 0.1) is 6.20 Å². The second-order valence-corrected chi connectivity index (χ2v) is 3.83. The highest BCUT2D eigenvalue weighted by molar-refractivity contribution is 5.19. The van der Waals surface area contributed by atoms with Crippen molar-refractivity contribution >= 4 is 0 Å². The van der Waals surface area contributed by atoms with E-state index in [1.807, 2.05) is 20.8 Å². The Morgan fingerprint density at radius 3 is 2.67 bits per heavy atom. The summed E-state index contributed by atoms with van der Waals surface area (Å²) in [6.45, 7) is 6.24. The summed E-state index contributed by atoms with van der Waals surface area (Å²) in [6.07, 6.45) is 3.30. The van der Waals surface area contributed by atoms with Crippen LogP contribution in [0.4, 0.5) is 0 Å². The maximum atomic E-state index is 8.74. The zero-order valence-electron chi connectivity index (χ0n) is 7.72. The molecule has 3 heteroatoms. The number of rotatable bonds is 2. The average Bonchev–Trinajstić information content (AvgIpc) is 2.34. The van der Waals surface area contributed by atoms with Crippen LogP contribution in [0.1, 0.15) is 32.1 Å².